The van der Waals surface area contributed by atoms with Crippen molar-refractivity contribution in [2.45, 2.75) is 70.1 Å². The lowest BCUT2D eigenvalue weighted by Gasteiger charge is -2.52. The standard InChI is InChI=1S/C27H37NS/c1-21-14-16-27(19-22-8-6-5-7-9-22)20-28(17-15-24(27)18-21)29-25-12-10-23(11-13-25)26(2,3)4/h5-13,21,24H,14-20H2,1-4H3/t21-,24?,27?/m1/s1. The molecule has 1 saturated carbocycles. The Morgan fingerprint density at radius 2 is 1.72 bits per heavy atom. The molecule has 4 rings (SSSR count). The van der Waals surface area contributed by atoms with Crippen LogP contribution in [0.5, 0.6) is 0 Å². The van der Waals surface area contributed by atoms with Crippen LogP contribution in [0.2, 0.25) is 0 Å². The summed E-state index contributed by atoms with van der Waals surface area (Å²) >= 11 is 1.98. The lowest BCUT2D eigenvalue weighted by atomic mass is 9.59. The zero-order valence-electron chi connectivity index (χ0n) is 18.7. The number of nitrogens with zero attached hydrogens (tertiary/aromatic N) is 1. The number of piperidine rings is 1. The van der Waals surface area contributed by atoms with Gasteiger partial charge in [-0.05, 0) is 83.6 Å². The van der Waals surface area contributed by atoms with Crippen molar-refractivity contribution in [2.24, 2.45) is 17.3 Å². The minimum Gasteiger partial charge on any atom is -0.246 e. The number of rotatable bonds is 4. The molecule has 0 spiro atoms. The summed E-state index contributed by atoms with van der Waals surface area (Å²) in [4.78, 5) is 1.38. The highest BCUT2D eigenvalue weighted by Gasteiger charge is 2.46. The zero-order chi connectivity index (χ0) is 20.5. The summed E-state index contributed by atoms with van der Waals surface area (Å²) in [5.41, 5.74) is 3.61. The van der Waals surface area contributed by atoms with E-state index in [-0.39, 0.29) is 5.41 Å². The summed E-state index contributed by atoms with van der Waals surface area (Å²) in [5.74, 6) is 1.78. The molecule has 2 fully saturated rings. The molecule has 29 heavy (non-hydrogen) atoms. The van der Waals surface area contributed by atoms with E-state index in [4.69, 9.17) is 0 Å². The van der Waals surface area contributed by atoms with E-state index in [0.29, 0.717) is 5.41 Å². The molecule has 2 aliphatic rings. The number of hydrogen-bond acceptors (Lipinski definition) is 2. The first kappa shape index (κ1) is 21.0. The SMILES string of the molecule is C[C@@H]1CCC2(Cc3ccccc3)CN(Sc3ccc(C(C)(C)C)cc3)CCC2C1. The summed E-state index contributed by atoms with van der Waals surface area (Å²) in [5, 5.41) is 0. The fourth-order valence-corrected chi connectivity index (χ4v) is 6.56. The minimum atomic E-state index is 0.222. The van der Waals surface area contributed by atoms with Crippen molar-refractivity contribution < 1.29 is 0 Å². The van der Waals surface area contributed by atoms with E-state index in [9.17, 15) is 0 Å². The highest BCUT2D eigenvalue weighted by Crippen LogP contribution is 2.51. The van der Waals surface area contributed by atoms with Gasteiger partial charge in [0.1, 0.15) is 0 Å². The van der Waals surface area contributed by atoms with Gasteiger partial charge in [-0.3, -0.25) is 0 Å². The summed E-state index contributed by atoms with van der Waals surface area (Å²) in [6, 6.07) is 20.5. The van der Waals surface area contributed by atoms with Crippen LogP contribution >= 0.6 is 11.9 Å². The molecular weight excluding hydrogens is 370 g/mol. The van der Waals surface area contributed by atoms with Gasteiger partial charge in [0.25, 0.3) is 0 Å². The van der Waals surface area contributed by atoms with Crippen LogP contribution in [0.4, 0.5) is 0 Å². The molecule has 2 heteroatoms. The van der Waals surface area contributed by atoms with Crippen molar-refractivity contribution in [1.82, 2.24) is 4.31 Å². The van der Waals surface area contributed by atoms with Gasteiger partial charge in [-0.1, -0.05) is 76.6 Å². The monoisotopic (exact) mass is 407 g/mol. The van der Waals surface area contributed by atoms with Crippen molar-refractivity contribution in [3.05, 3.63) is 65.7 Å². The Kier molecular flexibility index (Phi) is 6.14. The van der Waals surface area contributed by atoms with Gasteiger partial charge in [-0.15, -0.1) is 0 Å². The molecule has 0 amide bonds. The first-order valence-corrected chi connectivity index (χ1v) is 12.2. The van der Waals surface area contributed by atoms with Gasteiger partial charge >= 0.3 is 0 Å². The van der Waals surface area contributed by atoms with Crippen molar-refractivity contribution in [1.29, 1.82) is 0 Å². The Morgan fingerprint density at radius 1 is 1.00 bits per heavy atom. The third-order valence-corrected chi connectivity index (χ3v) is 8.31. The van der Waals surface area contributed by atoms with Crippen LogP contribution in [0, 0.1) is 17.3 Å². The fourth-order valence-electron chi connectivity index (χ4n) is 5.49. The number of hydrogen-bond donors (Lipinski definition) is 0. The third-order valence-electron chi connectivity index (χ3n) is 7.26. The Hall–Kier alpha value is -1.25. The van der Waals surface area contributed by atoms with Crippen LogP contribution in [-0.2, 0) is 11.8 Å². The van der Waals surface area contributed by atoms with E-state index in [0.717, 1.165) is 11.8 Å². The Morgan fingerprint density at radius 3 is 2.41 bits per heavy atom. The fraction of sp³-hybridized carbons (Fsp3) is 0.556. The third kappa shape index (κ3) is 4.91. The van der Waals surface area contributed by atoms with E-state index in [1.807, 2.05) is 11.9 Å². The second kappa shape index (κ2) is 8.47. The zero-order valence-corrected chi connectivity index (χ0v) is 19.5. The molecule has 156 valence electrons. The lowest BCUT2D eigenvalue weighted by molar-refractivity contribution is 0.0109. The van der Waals surface area contributed by atoms with E-state index in [1.54, 1.807) is 0 Å². The van der Waals surface area contributed by atoms with Gasteiger partial charge < -0.3 is 0 Å². The van der Waals surface area contributed by atoms with Gasteiger partial charge in [0, 0.05) is 18.0 Å². The van der Waals surface area contributed by atoms with Crippen LogP contribution < -0.4 is 0 Å². The lowest BCUT2D eigenvalue weighted by Crippen LogP contribution is -2.50. The molecule has 0 bridgehead atoms. The molecule has 2 unspecified atom stereocenters. The van der Waals surface area contributed by atoms with Crippen molar-refractivity contribution >= 4 is 11.9 Å². The van der Waals surface area contributed by atoms with Gasteiger partial charge in [-0.25, -0.2) is 4.31 Å². The van der Waals surface area contributed by atoms with Crippen LogP contribution in [0.25, 0.3) is 0 Å². The van der Waals surface area contributed by atoms with Gasteiger partial charge in [-0.2, -0.15) is 0 Å². The molecular formula is C27H37NS. The van der Waals surface area contributed by atoms with Gasteiger partial charge in [0.2, 0.25) is 0 Å². The molecule has 0 radical (unpaired) electrons. The molecule has 2 aromatic carbocycles. The second-order valence-corrected chi connectivity index (χ2v) is 11.8. The molecule has 1 heterocycles. The maximum atomic E-state index is 2.67. The molecule has 1 saturated heterocycles. The van der Waals surface area contributed by atoms with Crippen LogP contribution in [0.15, 0.2) is 59.5 Å². The van der Waals surface area contributed by atoms with Crippen molar-refractivity contribution in [3.8, 4) is 0 Å². The maximum absolute atomic E-state index is 2.67. The van der Waals surface area contributed by atoms with Crippen molar-refractivity contribution in [2.75, 3.05) is 13.1 Å². The second-order valence-electron chi connectivity index (χ2n) is 10.6. The van der Waals surface area contributed by atoms with Crippen LogP contribution in [0.1, 0.15) is 64.5 Å². The molecule has 2 aromatic rings. The molecule has 0 aromatic heterocycles. The van der Waals surface area contributed by atoms with Gasteiger partial charge in [0.05, 0.1) is 0 Å². The van der Waals surface area contributed by atoms with Gasteiger partial charge in [0.15, 0.2) is 0 Å². The Labute approximate surface area is 182 Å². The number of fused-ring (bicyclic) bond motifs is 1. The Balaban J connectivity index is 1.50. The van der Waals surface area contributed by atoms with E-state index >= 15 is 0 Å². The topological polar surface area (TPSA) is 3.24 Å². The summed E-state index contributed by atoms with van der Waals surface area (Å²) < 4.78 is 2.67. The van der Waals surface area contributed by atoms with E-state index in [2.05, 4.69) is 86.6 Å². The largest absolute Gasteiger partial charge is 0.246 e. The summed E-state index contributed by atoms with van der Waals surface area (Å²) in [6.45, 7) is 11.8. The van der Waals surface area contributed by atoms with Crippen LogP contribution in [-0.4, -0.2) is 17.4 Å². The predicted octanol–water partition coefficient (Wildman–Crippen LogP) is 7.36. The van der Waals surface area contributed by atoms with E-state index in [1.165, 1.54) is 61.2 Å². The quantitative estimate of drug-likeness (QED) is 0.487. The summed E-state index contributed by atoms with van der Waals surface area (Å²) in [7, 11) is 0. The molecule has 1 nitrogen and oxygen atoms in total. The maximum Gasteiger partial charge on any atom is 0.0230 e. The summed E-state index contributed by atoms with van der Waals surface area (Å²) in [6.07, 6.45) is 6.79. The van der Waals surface area contributed by atoms with Crippen LogP contribution in [0.3, 0.4) is 0 Å². The average molecular weight is 408 g/mol. The first-order valence-electron chi connectivity index (χ1n) is 11.4. The highest BCUT2D eigenvalue weighted by molar-refractivity contribution is 7.97. The molecule has 3 atom stereocenters. The number of benzene rings is 2. The average Bonchev–Trinajstić information content (AvgIpc) is 2.69. The minimum absolute atomic E-state index is 0.222. The molecule has 1 aliphatic carbocycles. The normalized spacial score (nSPS) is 28.1. The highest BCUT2D eigenvalue weighted by atomic mass is 32.2. The van der Waals surface area contributed by atoms with Crippen molar-refractivity contribution in [3.63, 3.8) is 0 Å². The Bertz CT molecular complexity index is 792. The molecule has 0 N–H and O–H groups in total. The predicted molar refractivity (Wildman–Crippen MR) is 126 cm³/mol. The smallest absolute Gasteiger partial charge is 0.0230 e. The first-order chi connectivity index (χ1) is 13.8. The van der Waals surface area contributed by atoms with E-state index < -0.39 is 0 Å². The molecule has 1 aliphatic heterocycles.